The molecule has 0 saturated heterocycles. The molecule has 164 valence electrons. The van der Waals surface area contributed by atoms with E-state index in [1.807, 2.05) is 49.4 Å². The zero-order valence-electron chi connectivity index (χ0n) is 17.9. The third kappa shape index (κ3) is 5.26. The summed E-state index contributed by atoms with van der Waals surface area (Å²) in [5.41, 5.74) is 2.36. The molecule has 0 aliphatic heterocycles. The van der Waals surface area contributed by atoms with E-state index in [1.165, 1.54) is 0 Å². The first-order valence-corrected chi connectivity index (χ1v) is 11.0. The molecular weight excluding hydrogens is 424 g/mol. The number of amides is 1. The van der Waals surface area contributed by atoms with Crippen LogP contribution in [0, 0.1) is 0 Å². The fraction of sp³-hybridized carbons (Fsp3) is 0.240. The van der Waals surface area contributed by atoms with Gasteiger partial charge in [-0.25, -0.2) is 4.98 Å². The highest BCUT2D eigenvalue weighted by atomic mass is 35.5. The van der Waals surface area contributed by atoms with Crippen LogP contribution >= 0.6 is 11.6 Å². The minimum atomic E-state index is -0.262. The van der Waals surface area contributed by atoms with Crippen molar-refractivity contribution in [1.29, 1.82) is 0 Å². The number of nitrogens with zero attached hydrogens (tertiary/aromatic N) is 3. The number of nitrogens with one attached hydrogen (secondary N) is 1. The van der Waals surface area contributed by atoms with Crippen LogP contribution < -0.4 is 10.1 Å². The van der Waals surface area contributed by atoms with Gasteiger partial charge in [-0.1, -0.05) is 29.8 Å². The number of carbonyl (C=O) groups is 1. The molecule has 2 aromatic heterocycles. The maximum absolute atomic E-state index is 12.6. The monoisotopic (exact) mass is 448 g/mol. The fourth-order valence-corrected chi connectivity index (χ4v) is 3.71. The van der Waals surface area contributed by atoms with E-state index in [0.29, 0.717) is 17.3 Å². The first kappa shape index (κ1) is 21.8. The summed E-state index contributed by atoms with van der Waals surface area (Å²) in [6.45, 7) is 3.35. The van der Waals surface area contributed by atoms with Gasteiger partial charge in [0.1, 0.15) is 17.3 Å². The largest absolute Gasteiger partial charge is 0.494 e. The van der Waals surface area contributed by atoms with Gasteiger partial charge in [0.2, 0.25) is 0 Å². The Balaban J connectivity index is 1.41. The summed E-state index contributed by atoms with van der Waals surface area (Å²) in [6, 6.07) is 20.4. The lowest BCUT2D eigenvalue weighted by Crippen LogP contribution is -2.29. The predicted molar refractivity (Wildman–Crippen MR) is 126 cm³/mol. The van der Waals surface area contributed by atoms with Gasteiger partial charge in [-0.05, 0) is 68.3 Å². The van der Waals surface area contributed by atoms with Crippen molar-refractivity contribution in [2.24, 2.45) is 0 Å². The Kier molecular flexibility index (Phi) is 7.02. The number of unbranched alkanes of at least 4 members (excludes halogenated alkanes) is 1. The van der Waals surface area contributed by atoms with E-state index in [9.17, 15) is 4.79 Å². The number of hydrogen-bond acceptors (Lipinski definition) is 4. The highest BCUT2D eigenvalue weighted by molar-refractivity contribution is 6.30. The van der Waals surface area contributed by atoms with Gasteiger partial charge in [0, 0.05) is 17.8 Å². The smallest absolute Gasteiger partial charge is 0.270 e. The highest BCUT2D eigenvalue weighted by Crippen LogP contribution is 2.22. The number of imidazole rings is 1. The molecule has 0 saturated carbocycles. The van der Waals surface area contributed by atoms with E-state index >= 15 is 0 Å². The van der Waals surface area contributed by atoms with Gasteiger partial charge in [0.15, 0.2) is 0 Å². The Hall–Kier alpha value is -3.38. The van der Waals surface area contributed by atoms with Crippen LogP contribution in [0.3, 0.4) is 0 Å². The van der Waals surface area contributed by atoms with Crippen LogP contribution in [0.25, 0.3) is 11.0 Å². The minimum absolute atomic E-state index is 0.215. The molecule has 32 heavy (non-hydrogen) atoms. The molecule has 0 aliphatic carbocycles. The Morgan fingerprint density at radius 1 is 1.06 bits per heavy atom. The Bertz CT molecular complexity index is 1180. The summed E-state index contributed by atoms with van der Waals surface area (Å²) in [5, 5.41) is 3.72. The van der Waals surface area contributed by atoms with Gasteiger partial charge >= 0.3 is 0 Å². The summed E-state index contributed by atoms with van der Waals surface area (Å²) < 4.78 is 7.98. The van der Waals surface area contributed by atoms with Crippen molar-refractivity contribution in [1.82, 2.24) is 19.9 Å². The van der Waals surface area contributed by atoms with Crippen molar-refractivity contribution in [2.45, 2.75) is 32.4 Å². The number of rotatable bonds is 9. The molecule has 1 unspecified atom stereocenters. The van der Waals surface area contributed by atoms with Crippen LogP contribution in [-0.4, -0.2) is 27.0 Å². The molecule has 0 aliphatic rings. The number of pyridine rings is 1. The summed E-state index contributed by atoms with van der Waals surface area (Å²) in [4.78, 5) is 21.5. The molecule has 1 N–H and O–H groups in total. The quantitative estimate of drug-likeness (QED) is 0.346. The van der Waals surface area contributed by atoms with E-state index in [-0.39, 0.29) is 11.9 Å². The molecule has 1 amide bonds. The van der Waals surface area contributed by atoms with Gasteiger partial charge in [-0.15, -0.1) is 0 Å². The van der Waals surface area contributed by atoms with Gasteiger partial charge < -0.3 is 14.6 Å². The number of aromatic nitrogens is 3. The molecular formula is C25H25ClN4O2. The third-order valence-corrected chi connectivity index (χ3v) is 5.43. The summed E-state index contributed by atoms with van der Waals surface area (Å²) in [6.07, 6.45) is 3.42. The number of hydrogen-bond donors (Lipinski definition) is 1. The van der Waals surface area contributed by atoms with Gasteiger partial charge in [-0.3, -0.25) is 9.78 Å². The standard InChI is InChI=1S/C25H25ClN4O2/c1-18(28-25(31)22-9-4-5-15-27-22)24-29-21-8-2-3-10-23(21)30(24)16-6-7-17-32-20-13-11-19(26)12-14-20/h2-5,8-15,18H,6-7,16-17H2,1H3,(H,28,31). The van der Waals surface area contributed by atoms with Crippen molar-refractivity contribution in [2.75, 3.05) is 6.61 Å². The molecule has 7 heteroatoms. The van der Waals surface area contributed by atoms with Gasteiger partial charge in [-0.2, -0.15) is 0 Å². The maximum Gasteiger partial charge on any atom is 0.270 e. The number of fused-ring (bicyclic) bond motifs is 1. The van der Waals surface area contributed by atoms with Crippen LogP contribution in [0.1, 0.15) is 42.1 Å². The number of para-hydroxylation sites is 2. The molecule has 0 fully saturated rings. The molecule has 2 heterocycles. The van der Waals surface area contributed by atoms with E-state index < -0.39 is 0 Å². The normalized spacial score (nSPS) is 11.9. The average Bonchev–Trinajstić information content (AvgIpc) is 3.19. The highest BCUT2D eigenvalue weighted by Gasteiger charge is 2.19. The maximum atomic E-state index is 12.6. The van der Waals surface area contributed by atoms with Crippen LogP contribution in [0.2, 0.25) is 5.02 Å². The minimum Gasteiger partial charge on any atom is -0.494 e. The lowest BCUT2D eigenvalue weighted by atomic mass is 10.2. The molecule has 0 spiro atoms. The molecule has 4 aromatic rings. The second kappa shape index (κ2) is 10.3. The van der Waals surface area contributed by atoms with Crippen LogP contribution in [0.5, 0.6) is 5.75 Å². The van der Waals surface area contributed by atoms with Crippen LogP contribution in [-0.2, 0) is 6.54 Å². The second-order valence-corrected chi connectivity index (χ2v) is 7.97. The van der Waals surface area contributed by atoms with Crippen molar-refractivity contribution >= 4 is 28.5 Å². The summed E-state index contributed by atoms with van der Waals surface area (Å²) >= 11 is 5.91. The number of ether oxygens (including phenoxy) is 1. The van der Waals surface area contributed by atoms with Gasteiger partial charge in [0.05, 0.1) is 23.7 Å². The molecule has 0 bridgehead atoms. The molecule has 4 rings (SSSR count). The molecule has 1 atom stereocenters. The third-order valence-electron chi connectivity index (χ3n) is 5.17. The number of halogens is 1. The van der Waals surface area contributed by atoms with Crippen LogP contribution in [0.15, 0.2) is 72.9 Å². The average molecular weight is 449 g/mol. The van der Waals surface area contributed by atoms with E-state index in [4.69, 9.17) is 21.3 Å². The van der Waals surface area contributed by atoms with Crippen molar-refractivity contribution < 1.29 is 9.53 Å². The van der Waals surface area contributed by atoms with Crippen molar-refractivity contribution in [3.05, 3.63) is 89.5 Å². The van der Waals surface area contributed by atoms with Crippen LogP contribution in [0.4, 0.5) is 0 Å². The van der Waals surface area contributed by atoms with E-state index in [0.717, 1.165) is 42.0 Å². The Morgan fingerprint density at radius 2 is 1.84 bits per heavy atom. The SMILES string of the molecule is CC(NC(=O)c1ccccn1)c1nc2ccccc2n1CCCCOc1ccc(Cl)cc1. The lowest BCUT2D eigenvalue weighted by molar-refractivity contribution is 0.0932. The molecule has 2 aromatic carbocycles. The van der Waals surface area contributed by atoms with Crippen molar-refractivity contribution in [3.8, 4) is 5.75 Å². The Labute approximate surface area is 192 Å². The first-order chi connectivity index (χ1) is 15.6. The number of aryl methyl sites for hydroxylation is 1. The van der Waals surface area contributed by atoms with Crippen molar-refractivity contribution in [3.63, 3.8) is 0 Å². The first-order valence-electron chi connectivity index (χ1n) is 10.7. The lowest BCUT2D eigenvalue weighted by Gasteiger charge is -2.16. The zero-order valence-corrected chi connectivity index (χ0v) is 18.6. The fourth-order valence-electron chi connectivity index (χ4n) is 3.58. The predicted octanol–water partition coefficient (Wildman–Crippen LogP) is 5.43. The number of carbonyl (C=O) groups excluding carboxylic acids is 1. The van der Waals surface area contributed by atoms with E-state index in [1.54, 1.807) is 24.4 Å². The summed E-state index contributed by atoms with van der Waals surface area (Å²) in [7, 11) is 0. The molecule has 6 nitrogen and oxygen atoms in total. The number of benzene rings is 2. The summed E-state index contributed by atoms with van der Waals surface area (Å²) in [5.74, 6) is 1.43. The van der Waals surface area contributed by atoms with Gasteiger partial charge in [0.25, 0.3) is 5.91 Å². The topological polar surface area (TPSA) is 69.0 Å². The second-order valence-electron chi connectivity index (χ2n) is 7.53. The Morgan fingerprint density at radius 3 is 2.62 bits per heavy atom. The zero-order chi connectivity index (χ0) is 22.3. The molecule has 0 radical (unpaired) electrons. The van der Waals surface area contributed by atoms with E-state index in [2.05, 4.69) is 20.9 Å².